The van der Waals surface area contributed by atoms with Gasteiger partial charge < -0.3 is 10.5 Å². The van der Waals surface area contributed by atoms with Crippen LogP contribution in [0.25, 0.3) is 0 Å². The van der Waals surface area contributed by atoms with Crippen molar-refractivity contribution in [2.45, 2.75) is 18.8 Å². The maximum Gasteiger partial charge on any atom is 0.188 e. The predicted octanol–water partition coefficient (Wildman–Crippen LogP) is 0.945. The van der Waals surface area contributed by atoms with E-state index in [1.807, 2.05) is 6.07 Å². The zero-order valence-electron chi connectivity index (χ0n) is 6.95. The van der Waals surface area contributed by atoms with Crippen molar-refractivity contribution in [2.75, 3.05) is 12.8 Å². The summed E-state index contributed by atoms with van der Waals surface area (Å²) < 4.78 is 5.04. The highest BCUT2D eigenvalue weighted by Crippen LogP contribution is 2.40. The van der Waals surface area contributed by atoms with E-state index in [4.69, 9.17) is 10.5 Å². The Labute approximate surface area is 70.7 Å². The lowest BCUT2D eigenvalue weighted by molar-refractivity contribution is 0.413. The molecule has 1 aromatic heterocycles. The SMILES string of the molecule is COc1cc(C2CC2)nnc1N. The zero-order chi connectivity index (χ0) is 8.55. The first kappa shape index (κ1) is 7.34. The molecule has 0 unspecified atom stereocenters. The van der Waals surface area contributed by atoms with E-state index >= 15 is 0 Å². The number of rotatable bonds is 2. The van der Waals surface area contributed by atoms with Crippen molar-refractivity contribution < 1.29 is 4.74 Å². The number of nitrogens with two attached hydrogens (primary N) is 1. The zero-order valence-corrected chi connectivity index (χ0v) is 6.95. The van der Waals surface area contributed by atoms with E-state index in [0.29, 0.717) is 17.5 Å². The third kappa shape index (κ3) is 1.20. The molecule has 1 aromatic rings. The number of nitrogen functional groups attached to an aromatic ring is 1. The van der Waals surface area contributed by atoms with Crippen LogP contribution >= 0.6 is 0 Å². The van der Waals surface area contributed by atoms with Gasteiger partial charge in [0, 0.05) is 12.0 Å². The van der Waals surface area contributed by atoms with Crippen LogP contribution in [0, 0.1) is 0 Å². The summed E-state index contributed by atoms with van der Waals surface area (Å²) in [5.41, 5.74) is 6.52. The monoisotopic (exact) mass is 165 g/mol. The van der Waals surface area contributed by atoms with Crippen LogP contribution in [0.1, 0.15) is 24.5 Å². The molecule has 0 spiro atoms. The lowest BCUT2D eigenvalue weighted by Gasteiger charge is -2.03. The van der Waals surface area contributed by atoms with Crippen LogP contribution in [0.5, 0.6) is 5.75 Å². The molecule has 1 aliphatic rings. The Morgan fingerprint density at radius 2 is 2.25 bits per heavy atom. The summed E-state index contributed by atoms with van der Waals surface area (Å²) >= 11 is 0. The van der Waals surface area contributed by atoms with Crippen molar-refractivity contribution in [3.63, 3.8) is 0 Å². The van der Waals surface area contributed by atoms with E-state index in [9.17, 15) is 0 Å². The summed E-state index contributed by atoms with van der Waals surface area (Å²) in [6.45, 7) is 0. The number of nitrogens with zero attached hydrogens (tertiary/aromatic N) is 2. The average molecular weight is 165 g/mol. The number of hydrogen-bond acceptors (Lipinski definition) is 4. The molecule has 64 valence electrons. The van der Waals surface area contributed by atoms with Crippen LogP contribution in [0.2, 0.25) is 0 Å². The van der Waals surface area contributed by atoms with E-state index in [-0.39, 0.29) is 0 Å². The van der Waals surface area contributed by atoms with E-state index in [1.165, 1.54) is 12.8 Å². The van der Waals surface area contributed by atoms with Crippen molar-refractivity contribution >= 4 is 5.82 Å². The van der Waals surface area contributed by atoms with E-state index < -0.39 is 0 Å². The van der Waals surface area contributed by atoms with E-state index in [1.54, 1.807) is 7.11 Å². The number of anilines is 1. The Kier molecular flexibility index (Phi) is 1.60. The van der Waals surface area contributed by atoms with Gasteiger partial charge in [0.2, 0.25) is 0 Å². The summed E-state index contributed by atoms with van der Waals surface area (Å²) in [4.78, 5) is 0. The fourth-order valence-electron chi connectivity index (χ4n) is 1.14. The van der Waals surface area contributed by atoms with Crippen LogP contribution in [-0.2, 0) is 0 Å². The minimum atomic E-state index is 0.363. The molecule has 1 heterocycles. The Morgan fingerprint density at radius 3 is 2.83 bits per heavy atom. The fraction of sp³-hybridized carbons (Fsp3) is 0.500. The van der Waals surface area contributed by atoms with Gasteiger partial charge in [0.25, 0.3) is 0 Å². The van der Waals surface area contributed by atoms with Gasteiger partial charge in [0.15, 0.2) is 11.6 Å². The second-order valence-corrected chi connectivity index (χ2v) is 3.00. The topological polar surface area (TPSA) is 61.0 Å². The number of hydrogen-bond donors (Lipinski definition) is 1. The summed E-state index contributed by atoms with van der Waals surface area (Å²) in [7, 11) is 1.59. The number of aromatic nitrogens is 2. The molecule has 0 saturated heterocycles. The molecular weight excluding hydrogens is 154 g/mol. The van der Waals surface area contributed by atoms with Crippen LogP contribution < -0.4 is 10.5 Å². The van der Waals surface area contributed by atoms with Gasteiger partial charge in [0.05, 0.1) is 12.8 Å². The normalized spacial score (nSPS) is 16.1. The second kappa shape index (κ2) is 2.62. The van der Waals surface area contributed by atoms with E-state index in [2.05, 4.69) is 10.2 Å². The quantitative estimate of drug-likeness (QED) is 0.708. The highest BCUT2D eigenvalue weighted by atomic mass is 16.5. The van der Waals surface area contributed by atoms with Gasteiger partial charge in [0.1, 0.15) is 0 Å². The molecule has 4 heteroatoms. The van der Waals surface area contributed by atoms with Crippen LogP contribution in [0.3, 0.4) is 0 Å². The summed E-state index contributed by atoms with van der Waals surface area (Å²) in [6.07, 6.45) is 2.42. The minimum Gasteiger partial charge on any atom is -0.493 e. The smallest absolute Gasteiger partial charge is 0.188 e. The second-order valence-electron chi connectivity index (χ2n) is 3.00. The van der Waals surface area contributed by atoms with Crippen molar-refractivity contribution in [1.82, 2.24) is 10.2 Å². The average Bonchev–Trinajstić information content (AvgIpc) is 2.88. The lowest BCUT2D eigenvalue weighted by Crippen LogP contribution is -2.00. The van der Waals surface area contributed by atoms with Gasteiger partial charge in [-0.25, -0.2) is 0 Å². The van der Waals surface area contributed by atoms with Crippen molar-refractivity contribution in [3.8, 4) is 5.75 Å². The van der Waals surface area contributed by atoms with Gasteiger partial charge >= 0.3 is 0 Å². The van der Waals surface area contributed by atoms with Gasteiger partial charge in [-0.15, -0.1) is 5.10 Å². The Bertz CT molecular complexity index is 296. The van der Waals surface area contributed by atoms with Gasteiger partial charge in [-0.2, -0.15) is 5.10 Å². The van der Waals surface area contributed by atoms with Crippen molar-refractivity contribution in [1.29, 1.82) is 0 Å². The van der Waals surface area contributed by atoms with Gasteiger partial charge in [-0.1, -0.05) is 0 Å². The van der Waals surface area contributed by atoms with Gasteiger partial charge in [-0.05, 0) is 12.8 Å². The molecule has 0 aromatic carbocycles. The molecule has 0 radical (unpaired) electrons. The Morgan fingerprint density at radius 1 is 1.50 bits per heavy atom. The first-order valence-electron chi connectivity index (χ1n) is 3.98. The highest BCUT2D eigenvalue weighted by molar-refractivity contribution is 5.45. The highest BCUT2D eigenvalue weighted by Gasteiger charge is 2.26. The van der Waals surface area contributed by atoms with Crippen LogP contribution in [0.4, 0.5) is 5.82 Å². The predicted molar refractivity (Wildman–Crippen MR) is 45.0 cm³/mol. The number of methoxy groups -OCH3 is 1. The minimum absolute atomic E-state index is 0.363. The molecule has 2 N–H and O–H groups in total. The molecule has 0 amide bonds. The Hall–Kier alpha value is -1.32. The van der Waals surface area contributed by atoms with Crippen molar-refractivity contribution in [3.05, 3.63) is 11.8 Å². The molecular formula is C8H11N3O. The first-order chi connectivity index (χ1) is 5.81. The van der Waals surface area contributed by atoms with Crippen LogP contribution in [-0.4, -0.2) is 17.3 Å². The molecule has 0 atom stereocenters. The summed E-state index contributed by atoms with van der Waals surface area (Å²) in [6, 6.07) is 1.88. The molecule has 0 bridgehead atoms. The maximum absolute atomic E-state index is 5.52. The summed E-state index contributed by atoms with van der Waals surface area (Å²) in [5, 5.41) is 7.81. The Balaban J connectivity index is 2.33. The van der Waals surface area contributed by atoms with Crippen molar-refractivity contribution in [2.24, 2.45) is 0 Å². The first-order valence-corrected chi connectivity index (χ1v) is 3.98. The number of ether oxygens (including phenoxy) is 1. The van der Waals surface area contributed by atoms with Crippen LogP contribution in [0.15, 0.2) is 6.07 Å². The molecule has 1 aliphatic carbocycles. The third-order valence-corrected chi connectivity index (χ3v) is 2.02. The van der Waals surface area contributed by atoms with Gasteiger partial charge in [-0.3, -0.25) is 0 Å². The molecule has 12 heavy (non-hydrogen) atoms. The molecule has 2 rings (SSSR count). The van der Waals surface area contributed by atoms with E-state index in [0.717, 1.165) is 5.69 Å². The third-order valence-electron chi connectivity index (χ3n) is 2.02. The molecule has 1 fully saturated rings. The summed E-state index contributed by atoms with van der Waals surface area (Å²) in [5.74, 6) is 1.58. The largest absolute Gasteiger partial charge is 0.493 e. The maximum atomic E-state index is 5.52. The fourth-order valence-corrected chi connectivity index (χ4v) is 1.14. The molecule has 1 saturated carbocycles. The molecule has 0 aliphatic heterocycles. The lowest BCUT2D eigenvalue weighted by atomic mass is 10.2. The molecule has 4 nitrogen and oxygen atoms in total. The standard InChI is InChI=1S/C8H11N3O/c1-12-7-4-6(5-2-3-5)10-11-8(7)9/h4-5H,2-3H2,1H3,(H2,9,11).